The molecule has 36 heavy (non-hydrogen) atoms. The summed E-state index contributed by atoms with van der Waals surface area (Å²) in [6.45, 7) is 8.29. The molecule has 0 radical (unpaired) electrons. The number of fused-ring (bicyclic) bond motifs is 1. The Morgan fingerprint density at radius 3 is 2.50 bits per heavy atom. The molecule has 2 N–H and O–H groups in total. The molecule has 0 atom stereocenters. The van der Waals surface area contributed by atoms with Crippen LogP contribution < -0.4 is 15.4 Å². The normalized spacial score (nSPS) is 11.5. The molecule has 0 spiro atoms. The van der Waals surface area contributed by atoms with Crippen LogP contribution >= 0.6 is 23.2 Å². The molecule has 0 saturated heterocycles. The standard InChI is InChI=1S/C27H33Cl2N3O4/c1-5-7-8-18-9-11-22(24(29)23(18)28)32(26(30)34)16-15-31-14-13-19-17-20(10-12-21(19)31)36-27(3,4)25(33)35-6-2/h9-14,17H,5-8,15-16H2,1-4H3,(H2,30,34). The van der Waals surface area contributed by atoms with Crippen LogP contribution in [0.5, 0.6) is 5.75 Å². The Hall–Kier alpha value is -2.90. The molecule has 7 nitrogen and oxygen atoms in total. The molecule has 0 bridgehead atoms. The number of unbranched alkanes of at least 4 members (excludes halogenated alkanes) is 1. The highest BCUT2D eigenvalue weighted by Gasteiger charge is 2.31. The van der Waals surface area contributed by atoms with Gasteiger partial charge in [-0.3, -0.25) is 4.90 Å². The first-order valence-corrected chi connectivity index (χ1v) is 12.8. The molecule has 9 heteroatoms. The smallest absolute Gasteiger partial charge is 0.349 e. The second kappa shape index (κ2) is 11.9. The van der Waals surface area contributed by atoms with Gasteiger partial charge in [0.1, 0.15) is 5.75 Å². The van der Waals surface area contributed by atoms with Gasteiger partial charge in [-0.2, -0.15) is 0 Å². The number of amides is 2. The van der Waals surface area contributed by atoms with Crippen LogP contribution in [-0.4, -0.2) is 35.3 Å². The number of halogens is 2. The highest BCUT2D eigenvalue weighted by atomic mass is 35.5. The number of hydrogen-bond donors (Lipinski definition) is 1. The van der Waals surface area contributed by atoms with Crippen LogP contribution in [-0.2, 0) is 22.5 Å². The molecule has 0 aliphatic heterocycles. The predicted octanol–water partition coefficient (Wildman–Crippen LogP) is 6.60. The third kappa shape index (κ3) is 6.26. The molecule has 0 fully saturated rings. The van der Waals surface area contributed by atoms with Gasteiger partial charge in [-0.15, -0.1) is 0 Å². The maximum atomic E-state index is 12.3. The molecule has 2 amide bonds. The minimum Gasteiger partial charge on any atom is -0.476 e. The van der Waals surface area contributed by atoms with Gasteiger partial charge in [-0.25, -0.2) is 9.59 Å². The van der Waals surface area contributed by atoms with E-state index in [4.69, 9.17) is 38.4 Å². The molecule has 2 aromatic carbocycles. The minimum absolute atomic E-state index is 0.288. The SMILES string of the molecule is CCCCc1ccc(N(CCn2ccc3cc(OC(C)(C)C(=O)OCC)ccc32)C(N)=O)c(Cl)c1Cl. The van der Waals surface area contributed by atoms with Crippen LogP contribution in [0.25, 0.3) is 10.9 Å². The van der Waals surface area contributed by atoms with Crippen LogP contribution in [0, 0.1) is 0 Å². The van der Waals surface area contributed by atoms with Crippen molar-refractivity contribution in [3.63, 3.8) is 0 Å². The van der Waals surface area contributed by atoms with Gasteiger partial charge >= 0.3 is 12.0 Å². The molecule has 0 unspecified atom stereocenters. The van der Waals surface area contributed by atoms with E-state index < -0.39 is 17.6 Å². The number of primary amides is 1. The third-order valence-corrected chi connectivity index (χ3v) is 6.86. The Labute approximate surface area is 222 Å². The summed E-state index contributed by atoms with van der Waals surface area (Å²) in [5.74, 6) is 0.132. The fourth-order valence-corrected chi connectivity index (χ4v) is 4.52. The van der Waals surface area contributed by atoms with E-state index in [2.05, 4.69) is 6.92 Å². The van der Waals surface area contributed by atoms with Gasteiger partial charge in [-0.1, -0.05) is 42.6 Å². The van der Waals surface area contributed by atoms with Crippen LogP contribution in [0.15, 0.2) is 42.6 Å². The van der Waals surface area contributed by atoms with Gasteiger partial charge in [-0.05, 0) is 69.5 Å². The van der Waals surface area contributed by atoms with Crippen molar-refractivity contribution in [3.05, 3.63) is 58.2 Å². The average Bonchev–Trinajstić information content (AvgIpc) is 3.23. The average molecular weight is 534 g/mol. The molecule has 3 rings (SSSR count). The van der Waals surface area contributed by atoms with E-state index in [0.29, 0.717) is 34.6 Å². The lowest BCUT2D eigenvalue weighted by atomic mass is 10.1. The summed E-state index contributed by atoms with van der Waals surface area (Å²) in [4.78, 5) is 25.9. The second-order valence-electron chi connectivity index (χ2n) is 9.03. The molecule has 194 valence electrons. The highest BCUT2D eigenvalue weighted by Crippen LogP contribution is 2.36. The Balaban J connectivity index is 1.77. The number of aryl methyl sites for hydroxylation is 1. The van der Waals surface area contributed by atoms with E-state index in [0.717, 1.165) is 35.7 Å². The zero-order valence-electron chi connectivity index (χ0n) is 21.1. The van der Waals surface area contributed by atoms with E-state index in [1.54, 1.807) is 32.9 Å². The topological polar surface area (TPSA) is 86.8 Å². The lowest BCUT2D eigenvalue weighted by molar-refractivity contribution is -0.158. The molecule has 0 aliphatic rings. The fourth-order valence-electron chi connectivity index (χ4n) is 3.98. The largest absolute Gasteiger partial charge is 0.476 e. The first-order chi connectivity index (χ1) is 17.1. The van der Waals surface area contributed by atoms with Crippen LogP contribution in [0.1, 0.15) is 46.1 Å². The van der Waals surface area contributed by atoms with Crippen molar-refractivity contribution in [3.8, 4) is 5.75 Å². The zero-order valence-corrected chi connectivity index (χ0v) is 22.7. The second-order valence-corrected chi connectivity index (χ2v) is 9.78. The van der Waals surface area contributed by atoms with Gasteiger partial charge in [0.25, 0.3) is 0 Å². The van der Waals surface area contributed by atoms with Crippen molar-refractivity contribution >= 4 is 51.8 Å². The molecule has 1 heterocycles. The van der Waals surface area contributed by atoms with Gasteiger partial charge in [0.05, 0.1) is 22.3 Å². The lowest BCUT2D eigenvalue weighted by Gasteiger charge is -2.24. The summed E-state index contributed by atoms with van der Waals surface area (Å²) in [6, 6.07) is 10.6. The monoisotopic (exact) mass is 533 g/mol. The number of aromatic nitrogens is 1. The quantitative estimate of drug-likeness (QED) is 0.281. The number of esters is 1. The maximum Gasteiger partial charge on any atom is 0.349 e. The molecule has 1 aromatic heterocycles. The Morgan fingerprint density at radius 1 is 1.08 bits per heavy atom. The number of nitrogens with zero attached hydrogens (tertiary/aromatic N) is 2. The van der Waals surface area contributed by atoms with Crippen LogP contribution in [0.3, 0.4) is 0 Å². The first kappa shape index (κ1) is 27.7. The number of ether oxygens (including phenoxy) is 2. The first-order valence-electron chi connectivity index (χ1n) is 12.1. The minimum atomic E-state index is -1.11. The van der Waals surface area contributed by atoms with Crippen LogP contribution in [0.4, 0.5) is 10.5 Å². The van der Waals surface area contributed by atoms with Gasteiger partial charge in [0.15, 0.2) is 5.60 Å². The number of urea groups is 1. The number of rotatable bonds is 11. The Bertz CT molecular complexity index is 1240. The molecule has 0 saturated carbocycles. The fraction of sp³-hybridized carbons (Fsp3) is 0.407. The number of carbonyl (C=O) groups excluding carboxylic acids is 2. The Morgan fingerprint density at radius 2 is 1.83 bits per heavy atom. The van der Waals surface area contributed by atoms with Crippen molar-refractivity contribution in [1.82, 2.24) is 4.57 Å². The van der Waals surface area contributed by atoms with E-state index >= 15 is 0 Å². The number of nitrogens with two attached hydrogens (primary N) is 1. The highest BCUT2D eigenvalue weighted by molar-refractivity contribution is 6.44. The molecular weight excluding hydrogens is 501 g/mol. The van der Waals surface area contributed by atoms with Gasteiger partial charge in [0.2, 0.25) is 0 Å². The zero-order chi connectivity index (χ0) is 26.5. The predicted molar refractivity (Wildman–Crippen MR) is 145 cm³/mol. The van der Waals surface area contributed by atoms with Gasteiger partial charge in [0, 0.05) is 30.2 Å². The summed E-state index contributed by atoms with van der Waals surface area (Å²) < 4.78 is 13.0. The number of anilines is 1. The summed E-state index contributed by atoms with van der Waals surface area (Å²) in [5, 5.41) is 1.71. The molecule has 0 aliphatic carbocycles. The van der Waals surface area contributed by atoms with Crippen molar-refractivity contribution in [2.24, 2.45) is 5.73 Å². The number of benzene rings is 2. The van der Waals surface area contributed by atoms with Crippen molar-refractivity contribution in [2.75, 3.05) is 18.1 Å². The van der Waals surface area contributed by atoms with E-state index in [1.165, 1.54) is 4.90 Å². The van der Waals surface area contributed by atoms with Crippen molar-refractivity contribution in [2.45, 2.75) is 59.1 Å². The summed E-state index contributed by atoms with van der Waals surface area (Å²) in [5.41, 5.74) is 6.98. The van der Waals surface area contributed by atoms with Gasteiger partial charge < -0.3 is 19.8 Å². The molecule has 3 aromatic rings. The lowest BCUT2D eigenvalue weighted by Crippen LogP contribution is -2.39. The number of carbonyl (C=O) groups is 2. The van der Waals surface area contributed by atoms with Crippen LogP contribution in [0.2, 0.25) is 10.0 Å². The third-order valence-electron chi connectivity index (χ3n) is 5.95. The van der Waals surface area contributed by atoms with Crippen molar-refractivity contribution in [1.29, 1.82) is 0 Å². The maximum absolute atomic E-state index is 12.3. The van der Waals surface area contributed by atoms with E-state index in [1.807, 2.05) is 35.0 Å². The summed E-state index contributed by atoms with van der Waals surface area (Å²) in [7, 11) is 0. The van der Waals surface area contributed by atoms with E-state index in [9.17, 15) is 9.59 Å². The summed E-state index contributed by atoms with van der Waals surface area (Å²) in [6.07, 6.45) is 4.80. The number of hydrogen-bond acceptors (Lipinski definition) is 4. The van der Waals surface area contributed by atoms with Crippen molar-refractivity contribution < 1.29 is 19.1 Å². The van der Waals surface area contributed by atoms with E-state index in [-0.39, 0.29) is 6.61 Å². The Kier molecular flexibility index (Phi) is 9.14. The molecular formula is C27H33Cl2N3O4. The summed E-state index contributed by atoms with van der Waals surface area (Å²) >= 11 is 13.1.